The zero-order valence-electron chi connectivity index (χ0n) is 13.3. The van der Waals surface area contributed by atoms with Crippen molar-refractivity contribution in [2.75, 3.05) is 11.9 Å². The Morgan fingerprint density at radius 2 is 1.70 bits per heavy atom. The van der Waals surface area contributed by atoms with E-state index in [0.717, 1.165) is 16.7 Å². The van der Waals surface area contributed by atoms with Gasteiger partial charge in [0.2, 0.25) is 0 Å². The molecule has 120 valence electrons. The molecule has 5 nitrogen and oxygen atoms in total. The molecule has 0 unspecified atom stereocenters. The van der Waals surface area contributed by atoms with E-state index in [1.165, 1.54) is 12.1 Å². The Labute approximate surface area is 134 Å². The van der Waals surface area contributed by atoms with Crippen LogP contribution >= 0.6 is 0 Å². The lowest BCUT2D eigenvalue weighted by molar-refractivity contribution is -0.119. The zero-order chi connectivity index (χ0) is 17.0. The minimum absolute atomic E-state index is 0.0372. The van der Waals surface area contributed by atoms with Crippen molar-refractivity contribution in [1.82, 2.24) is 0 Å². The molecule has 23 heavy (non-hydrogen) atoms. The first kappa shape index (κ1) is 16.5. The van der Waals surface area contributed by atoms with Gasteiger partial charge in [-0.2, -0.15) is 0 Å². The van der Waals surface area contributed by atoms with Crippen molar-refractivity contribution in [3.8, 4) is 5.75 Å². The van der Waals surface area contributed by atoms with Crippen LogP contribution in [0.2, 0.25) is 0 Å². The number of benzene rings is 2. The summed E-state index contributed by atoms with van der Waals surface area (Å²) in [5.41, 5.74) is 3.49. The Hall–Kier alpha value is -2.82. The fourth-order valence-electron chi connectivity index (χ4n) is 2.08. The van der Waals surface area contributed by atoms with E-state index in [1.54, 1.807) is 13.0 Å². The van der Waals surface area contributed by atoms with Crippen LogP contribution in [0.4, 0.5) is 5.69 Å². The van der Waals surface area contributed by atoms with Crippen molar-refractivity contribution in [2.45, 2.75) is 20.8 Å². The Balaban J connectivity index is 1.96. The molecule has 0 spiro atoms. The maximum Gasteiger partial charge on any atom is 0.342 e. The van der Waals surface area contributed by atoms with Gasteiger partial charge in [-0.05, 0) is 55.7 Å². The molecule has 1 amide bonds. The summed E-state index contributed by atoms with van der Waals surface area (Å²) in [6.07, 6.45) is 0. The van der Waals surface area contributed by atoms with Gasteiger partial charge in [0.15, 0.2) is 6.61 Å². The molecule has 2 rings (SSSR count). The minimum Gasteiger partial charge on any atom is -0.507 e. The van der Waals surface area contributed by atoms with Crippen molar-refractivity contribution >= 4 is 17.6 Å². The van der Waals surface area contributed by atoms with Crippen LogP contribution in [0.5, 0.6) is 5.75 Å². The summed E-state index contributed by atoms with van der Waals surface area (Å²) in [5.74, 6) is -1.33. The largest absolute Gasteiger partial charge is 0.507 e. The average molecular weight is 313 g/mol. The number of ether oxygens (including phenoxy) is 1. The fraction of sp³-hybridized carbons (Fsp3) is 0.222. The summed E-state index contributed by atoms with van der Waals surface area (Å²) in [4.78, 5) is 23.8. The van der Waals surface area contributed by atoms with Gasteiger partial charge in [-0.15, -0.1) is 0 Å². The third-order valence-corrected chi connectivity index (χ3v) is 3.37. The van der Waals surface area contributed by atoms with E-state index in [0.29, 0.717) is 5.69 Å². The number of aromatic hydroxyl groups is 1. The highest BCUT2D eigenvalue weighted by molar-refractivity contribution is 5.97. The first-order chi connectivity index (χ1) is 10.9. The average Bonchev–Trinajstić information content (AvgIpc) is 2.48. The lowest BCUT2D eigenvalue weighted by Gasteiger charge is -2.10. The molecule has 0 bridgehead atoms. The molecule has 2 aromatic carbocycles. The van der Waals surface area contributed by atoms with E-state index >= 15 is 0 Å². The molecule has 0 saturated carbocycles. The maximum atomic E-state index is 11.9. The summed E-state index contributed by atoms with van der Waals surface area (Å²) < 4.78 is 4.94. The van der Waals surface area contributed by atoms with Gasteiger partial charge in [0.25, 0.3) is 5.91 Å². The van der Waals surface area contributed by atoms with E-state index in [1.807, 2.05) is 32.0 Å². The van der Waals surface area contributed by atoms with Crippen LogP contribution in [-0.2, 0) is 9.53 Å². The van der Waals surface area contributed by atoms with Crippen LogP contribution in [0.25, 0.3) is 0 Å². The van der Waals surface area contributed by atoms with E-state index in [4.69, 9.17) is 4.74 Å². The molecule has 0 aliphatic carbocycles. The second-order valence-corrected chi connectivity index (χ2v) is 5.46. The molecule has 0 heterocycles. The zero-order valence-corrected chi connectivity index (χ0v) is 13.3. The summed E-state index contributed by atoms with van der Waals surface area (Å²) in [6, 6.07) is 10.3. The normalized spacial score (nSPS) is 10.2. The fourth-order valence-corrected chi connectivity index (χ4v) is 2.08. The number of hydrogen-bond donors (Lipinski definition) is 2. The van der Waals surface area contributed by atoms with E-state index in [9.17, 15) is 14.7 Å². The number of carbonyl (C=O) groups is 2. The first-order valence-electron chi connectivity index (χ1n) is 7.20. The van der Waals surface area contributed by atoms with Gasteiger partial charge in [-0.1, -0.05) is 18.2 Å². The topological polar surface area (TPSA) is 75.6 Å². The number of esters is 1. The number of amides is 1. The highest BCUT2D eigenvalue weighted by Gasteiger charge is 2.14. The van der Waals surface area contributed by atoms with E-state index in [-0.39, 0.29) is 11.3 Å². The van der Waals surface area contributed by atoms with Gasteiger partial charge >= 0.3 is 5.97 Å². The van der Waals surface area contributed by atoms with Gasteiger partial charge in [-0.25, -0.2) is 4.79 Å². The smallest absolute Gasteiger partial charge is 0.342 e. The molecule has 0 radical (unpaired) electrons. The summed E-state index contributed by atoms with van der Waals surface area (Å²) in [7, 11) is 0. The number of phenolic OH excluding ortho intramolecular Hbond substituents is 1. The van der Waals surface area contributed by atoms with E-state index < -0.39 is 18.5 Å². The number of hydrogen-bond acceptors (Lipinski definition) is 4. The molecule has 0 atom stereocenters. The quantitative estimate of drug-likeness (QED) is 0.850. The summed E-state index contributed by atoms with van der Waals surface area (Å²) >= 11 is 0. The second-order valence-electron chi connectivity index (χ2n) is 5.46. The van der Waals surface area contributed by atoms with Gasteiger partial charge in [0.05, 0.1) is 0 Å². The number of nitrogens with one attached hydrogen (secondary N) is 1. The van der Waals surface area contributed by atoms with Gasteiger partial charge in [-0.3, -0.25) is 4.79 Å². The second kappa shape index (κ2) is 6.96. The predicted octanol–water partition coefficient (Wildman–Crippen LogP) is 3.11. The van der Waals surface area contributed by atoms with Crippen molar-refractivity contribution < 1.29 is 19.4 Å². The number of carbonyl (C=O) groups excluding carboxylic acids is 2. The third-order valence-electron chi connectivity index (χ3n) is 3.37. The molecule has 0 fully saturated rings. The van der Waals surface area contributed by atoms with E-state index in [2.05, 4.69) is 5.32 Å². The highest BCUT2D eigenvalue weighted by atomic mass is 16.5. The van der Waals surface area contributed by atoms with Gasteiger partial charge in [0.1, 0.15) is 11.3 Å². The van der Waals surface area contributed by atoms with Crippen molar-refractivity contribution in [2.24, 2.45) is 0 Å². The Morgan fingerprint density at radius 3 is 2.39 bits per heavy atom. The Morgan fingerprint density at radius 1 is 1.04 bits per heavy atom. The van der Waals surface area contributed by atoms with Crippen LogP contribution in [-0.4, -0.2) is 23.6 Å². The van der Waals surface area contributed by atoms with Crippen LogP contribution in [0.1, 0.15) is 27.0 Å². The number of anilines is 1. The molecule has 2 N–H and O–H groups in total. The molecule has 0 saturated heterocycles. The molecule has 0 aliphatic rings. The van der Waals surface area contributed by atoms with Crippen molar-refractivity contribution in [1.29, 1.82) is 0 Å². The van der Waals surface area contributed by atoms with Gasteiger partial charge < -0.3 is 15.2 Å². The molecule has 0 aliphatic heterocycles. The Bertz CT molecular complexity index is 753. The predicted molar refractivity (Wildman–Crippen MR) is 87.7 cm³/mol. The van der Waals surface area contributed by atoms with Crippen LogP contribution < -0.4 is 5.32 Å². The van der Waals surface area contributed by atoms with Gasteiger partial charge in [0, 0.05) is 5.69 Å². The number of phenols is 1. The van der Waals surface area contributed by atoms with Crippen LogP contribution in [0, 0.1) is 20.8 Å². The minimum atomic E-state index is -0.737. The molecular formula is C18H19NO4. The van der Waals surface area contributed by atoms with Crippen LogP contribution in [0.15, 0.2) is 36.4 Å². The third kappa shape index (κ3) is 4.32. The monoisotopic (exact) mass is 313 g/mol. The maximum absolute atomic E-state index is 11.9. The van der Waals surface area contributed by atoms with Crippen molar-refractivity contribution in [3.63, 3.8) is 0 Å². The molecule has 2 aromatic rings. The lowest BCUT2D eigenvalue weighted by Crippen LogP contribution is -2.21. The lowest BCUT2D eigenvalue weighted by atomic mass is 10.1. The SMILES string of the molecule is Cc1ccc(C(=O)OCC(=O)Nc2cc(C)ccc2C)c(O)c1. The molecule has 5 heteroatoms. The summed E-state index contributed by atoms with van der Waals surface area (Å²) in [5, 5.41) is 12.4. The highest BCUT2D eigenvalue weighted by Crippen LogP contribution is 2.19. The molecule has 0 aromatic heterocycles. The summed E-state index contributed by atoms with van der Waals surface area (Å²) in [6.45, 7) is 5.19. The Kier molecular flexibility index (Phi) is 5.01. The number of aryl methyl sites for hydroxylation is 3. The van der Waals surface area contributed by atoms with Crippen molar-refractivity contribution in [3.05, 3.63) is 58.7 Å². The van der Waals surface area contributed by atoms with Crippen LogP contribution in [0.3, 0.4) is 0 Å². The first-order valence-corrected chi connectivity index (χ1v) is 7.20. The standard InChI is InChI=1S/C18H19NO4/c1-11-4-6-13(3)15(8-11)19-17(21)10-23-18(22)14-7-5-12(2)9-16(14)20/h4-9,20H,10H2,1-3H3,(H,19,21). The number of rotatable bonds is 4. The molecular weight excluding hydrogens is 294 g/mol.